The van der Waals surface area contributed by atoms with Crippen molar-refractivity contribution in [3.8, 4) is 0 Å². The third kappa shape index (κ3) is 3.79. The maximum Gasteiger partial charge on any atom is 0.440 e. The molecule has 11 heteroatoms. The molecule has 0 aromatic heterocycles. The van der Waals surface area contributed by atoms with Gasteiger partial charge in [-0.05, 0) is 48.5 Å². The van der Waals surface area contributed by atoms with Crippen molar-refractivity contribution in [3.05, 3.63) is 59.1 Å². The summed E-state index contributed by atoms with van der Waals surface area (Å²) in [5.74, 6) is -0.168. The van der Waals surface area contributed by atoms with Gasteiger partial charge in [0, 0.05) is 16.3 Å². The van der Waals surface area contributed by atoms with E-state index in [-0.39, 0.29) is 16.3 Å². The van der Waals surface area contributed by atoms with Gasteiger partial charge in [0.2, 0.25) is 10.0 Å². The minimum absolute atomic E-state index is 0.168. The maximum absolute atomic E-state index is 13.3. The Balaban J connectivity index is 2.09. The molecule has 27 heavy (non-hydrogen) atoms. The average molecular weight is 420 g/mol. The predicted octanol–water partition coefficient (Wildman–Crippen LogP) is 2.51. The lowest BCUT2D eigenvalue weighted by molar-refractivity contribution is -0.249. The summed E-state index contributed by atoms with van der Waals surface area (Å²) in [6.07, 6.45) is -5.00. The maximum atomic E-state index is 13.3. The quantitative estimate of drug-likeness (QED) is 0.799. The van der Waals surface area contributed by atoms with Crippen LogP contribution in [0.15, 0.2) is 58.4 Å². The Morgan fingerprint density at radius 1 is 1.11 bits per heavy atom. The fraction of sp³-hybridized carbons (Fsp3) is 0.188. The molecule has 2 aromatic rings. The molecule has 144 valence electrons. The molecule has 0 amide bonds. The Morgan fingerprint density at radius 3 is 2.15 bits per heavy atom. The number of alkyl halides is 3. The van der Waals surface area contributed by atoms with E-state index in [4.69, 9.17) is 16.7 Å². The van der Waals surface area contributed by atoms with Gasteiger partial charge in [0.1, 0.15) is 5.84 Å². The van der Waals surface area contributed by atoms with Crippen LogP contribution in [0.2, 0.25) is 5.02 Å². The highest BCUT2D eigenvalue weighted by atomic mass is 35.5. The zero-order valence-electron chi connectivity index (χ0n) is 13.5. The summed E-state index contributed by atoms with van der Waals surface area (Å²) in [6, 6.07) is 10.8. The topological polar surface area (TPSA) is 96.0 Å². The van der Waals surface area contributed by atoms with Crippen molar-refractivity contribution in [1.29, 1.82) is 0 Å². The molecule has 0 fully saturated rings. The first-order chi connectivity index (χ1) is 12.4. The summed E-state index contributed by atoms with van der Waals surface area (Å²) in [5.41, 5.74) is -2.80. The monoisotopic (exact) mass is 419 g/mol. The number of sulfonamides is 1. The molecule has 0 bridgehead atoms. The fourth-order valence-corrected chi connectivity index (χ4v) is 3.21. The number of halogens is 4. The molecule has 3 rings (SSSR count). The number of primary sulfonamides is 1. The number of anilines is 1. The molecule has 1 unspecified atom stereocenters. The standard InChI is InChI=1S/C16H13ClF3N3O3S/c17-11-3-5-12(6-4-11)23-9-15(24,16(18,19)20)22-14(23)10-1-7-13(8-2-10)27(21,25)26/h1-8,24H,9H2,(H2,21,25,26). The smallest absolute Gasteiger partial charge is 0.361 e. The van der Waals surface area contributed by atoms with Gasteiger partial charge in [0.05, 0.1) is 11.4 Å². The molecule has 1 heterocycles. The van der Waals surface area contributed by atoms with E-state index in [1.807, 2.05) is 0 Å². The van der Waals surface area contributed by atoms with Gasteiger partial charge in [-0.15, -0.1) is 0 Å². The van der Waals surface area contributed by atoms with E-state index >= 15 is 0 Å². The summed E-state index contributed by atoms with van der Waals surface area (Å²) >= 11 is 5.81. The summed E-state index contributed by atoms with van der Waals surface area (Å²) in [5, 5.41) is 15.4. The zero-order valence-corrected chi connectivity index (χ0v) is 15.1. The number of rotatable bonds is 3. The van der Waals surface area contributed by atoms with Crippen molar-refractivity contribution >= 4 is 33.1 Å². The lowest BCUT2D eigenvalue weighted by atomic mass is 10.1. The second-order valence-electron chi connectivity index (χ2n) is 5.88. The van der Waals surface area contributed by atoms with Crippen LogP contribution in [0.25, 0.3) is 0 Å². The summed E-state index contributed by atoms with van der Waals surface area (Å²) in [7, 11) is -3.96. The molecular weight excluding hydrogens is 407 g/mol. The molecule has 0 spiro atoms. The van der Waals surface area contributed by atoms with Crippen molar-refractivity contribution in [2.45, 2.75) is 16.8 Å². The van der Waals surface area contributed by atoms with Gasteiger partial charge in [0.15, 0.2) is 0 Å². The van der Waals surface area contributed by atoms with E-state index in [1.165, 1.54) is 41.3 Å². The number of nitrogens with two attached hydrogens (primary N) is 1. The molecule has 0 radical (unpaired) electrons. The van der Waals surface area contributed by atoms with Crippen LogP contribution >= 0.6 is 11.6 Å². The first-order valence-corrected chi connectivity index (χ1v) is 9.38. The van der Waals surface area contributed by atoms with Gasteiger partial charge in [-0.1, -0.05) is 11.6 Å². The van der Waals surface area contributed by atoms with Crippen LogP contribution < -0.4 is 10.0 Å². The third-order valence-corrected chi connectivity index (χ3v) is 5.14. The van der Waals surface area contributed by atoms with Crippen LogP contribution in [0, 0.1) is 0 Å². The normalized spacial score (nSPS) is 20.7. The molecule has 6 nitrogen and oxygen atoms in total. The Hall–Kier alpha value is -2.14. The second-order valence-corrected chi connectivity index (χ2v) is 7.88. The largest absolute Gasteiger partial charge is 0.440 e. The van der Waals surface area contributed by atoms with Gasteiger partial charge >= 0.3 is 6.18 Å². The third-order valence-electron chi connectivity index (χ3n) is 3.96. The van der Waals surface area contributed by atoms with E-state index in [0.29, 0.717) is 10.7 Å². The Kier molecular flexibility index (Phi) is 4.71. The van der Waals surface area contributed by atoms with Gasteiger partial charge in [-0.3, -0.25) is 0 Å². The molecule has 0 aliphatic carbocycles. The lowest BCUT2D eigenvalue weighted by Crippen LogP contribution is -2.47. The number of hydrogen-bond donors (Lipinski definition) is 2. The van der Waals surface area contributed by atoms with Crippen LogP contribution in [-0.4, -0.2) is 37.8 Å². The zero-order chi connectivity index (χ0) is 20.0. The molecular formula is C16H13ClF3N3O3S. The summed E-state index contributed by atoms with van der Waals surface area (Å²) < 4.78 is 62.6. The molecule has 3 N–H and O–H groups in total. The number of nitrogens with zero attached hydrogens (tertiary/aromatic N) is 2. The van der Waals surface area contributed by atoms with Crippen LogP contribution in [0.5, 0.6) is 0 Å². The average Bonchev–Trinajstić information content (AvgIpc) is 2.94. The number of aliphatic hydroxyl groups is 1. The van der Waals surface area contributed by atoms with Crippen molar-refractivity contribution in [1.82, 2.24) is 0 Å². The predicted molar refractivity (Wildman–Crippen MR) is 94.2 cm³/mol. The minimum Gasteiger partial charge on any atom is -0.361 e. The number of benzene rings is 2. The van der Waals surface area contributed by atoms with Crippen molar-refractivity contribution in [2.75, 3.05) is 11.4 Å². The molecule has 1 aliphatic rings. The summed E-state index contributed by atoms with van der Waals surface area (Å²) in [4.78, 5) is 4.47. The van der Waals surface area contributed by atoms with Crippen LogP contribution in [0.4, 0.5) is 18.9 Å². The Morgan fingerprint density at radius 2 is 1.67 bits per heavy atom. The van der Waals surface area contributed by atoms with Crippen LogP contribution in [0.1, 0.15) is 5.56 Å². The van der Waals surface area contributed by atoms with E-state index in [1.54, 1.807) is 0 Å². The molecule has 1 aliphatic heterocycles. The number of β-amino-alcohol motifs (C(OH)–C–C–N with tert-alkyl or cyclic N) is 1. The molecule has 0 saturated heterocycles. The highest BCUT2D eigenvalue weighted by Crippen LogP contribution is 2.39. The lowest BCUT2D eigenvalue weighted by Gasteiger charge is -2.25. The number of aliphatic imine (C=N–C) groups is 1. The molecule has 2 aromatic carbocycles. The number of amidine groups is 1. The van der Waals surface area contributed by atoms with Gasteiger partial charge in [-0.25, -0.2) is 18.5 Å². The second kappa shape index (κ2) is 6.48. The minimum atomic E-state index is -5.00. The van der Waals surface area contributed by atoms with E-state index in [9.17, 15) is 26.7 Å². The van der Waals surface area contributed by atoms with Crippen LogP contribution in [0.3, 0.4) is 0 Å². The SMILES string of the molecule is NS(=O)(=O)c1ccc(C2=NC(O)(C(F)(F)F)CN2c2ccc(Cl)cc2)cc1. The van der Waals surface area contributed by atoms with Crippen LogP contribution in [-0.2, 0) is 10.0 Å². The van der Waals surface area contributed by atoms with Gasteiger partial charge < -0.3 is 10.0 Å². The van der Waals surface area contributed by atoms with E-state index in [2.05, 4.69) is 4.99 Å². The first kappa shape index (κ1) is 19.6. The molecule has 0 saturated carbocycles. The molecule has 1 atom stereocenters. The van der Waals surface area contributed by atoms with Crippen molar-refractivity contribution in [3.63, 3.8) is 0 Å². The van der Waals surface area contributed by atoms with Gasteiger partial charge in [0.25, 0.3) is 5.72 Å². The Bertz CT molecular complexity index is 992. The van der Waals surface area contributed by atoms with Gasteiger partial charge in [-0.2, -0.15) is 13.2 Å². The van der Waals surface area contributed by atoms with E-state index < -0.39 is 28.5 Å². The highest BCUT2D eigenvalue weighted by molar-refractivity contribution is 7.89. The fourth-order valence-electron chi connectivity index (χ4n) is 2.57. The van der Waals surface area contributed by atoms with Crippen molar-refractivity contribution in [2.24, 2.45) is 10.1 Å². The van der Waals surface area contributed by atoms with Crippen molar-refractivity contribution < 1.29 is 26.7 Å². The Labute approximate surface area is 157 Å². The summed E-state index contributed by atoms with van der Waals surface area (Å²) in [6.45, 7) is -0.857. The first-order valence-electron chi connectivity index (χ1n) is 7.46. The highest BCUT2D eigenvalue weighted by Gasteiger charge is 2.58. The van der Waals surface area contributed by atoms with E-state index in [0.717, 1.165) is 12.1 Å². The number of hydrogen-bond acceptors (Lipinski definition) is 5.